The monoisotopic (exact) mass is 280 g/mol. The number of rotatable bonds is 4. The van der Waals surface area contributed by atoms with Crippen molar-refractivity contribution in [3.63, 3.8) is 0 Å². The summed E-state index contributed by atoms with van der Waals surface area (Å²) in [5.41, 5.74) is 1.70. The lowest BCUT2D eigenvalue weighted by Crippen LogP contribution is -2.04. The Balaban J connectivity index is 2.89. The Morgan fingerprint density at radius 1 is 1.38 bits per heavy atom. The van der Waals surface area contributed by atoms with E-state index in [4.69, 9.17) is 34.8 Å². The molecule has 0 bridgehead atoms. The van der Waals surface area contributed by atoms with Gasteiger partial charge in [0.05, 0.1) is 7.11 Å². The molecule has 0 N–H and O–H groups in total. The molecule has 0 atom stereocenters. The average Bonchev–Trinajstić information content (AvgIpc) is 2.26. The molecule has 1 aromatic rings. The molecule has 16 heavy (non-hydrogen) atoms. The smallest absolute Gasteiger partial charge is 0.305 e. The normalized spacial score (nSPS) is 10.2. The van der Waals surface area contributed by atoms with Crippen LogP contribution in [-0.2, 0) is 21.8 Å². The Bertz CT molecular complexity index is 391. The van der Waals surface area contributed by atoms with Crippen LogP contribution in [0.5, 0.6) is 0 Å². The molecule has 0 heterocycles. The number of methoxy groups -OCH3 is 1. The first kappa shape index (κ1) is 13.6. The van der Waals surface area contributed by atoms with Gasteiger partial charge in [0, 0.05) is 22.3 Å². The highest BCUT2D eigenvalue weighted by atomic mass is 35.5. The molecule has 0 saturated carbocycles. The SMILES string of the molecule is COC(=O)CCc1c(Cl)cc(Cl)cc1CCl. The van der Waals surface area contributed by atoms with Crippen LogP contribution in [0.3, 0.4) is 0 Å². The number of benzene rings is 1. The summed E-state index contributed by atoms with van der Waals surface area (Å²) in [5, 5.41) is 1.08. The number of ether oxygens (including phenoxy) is 1. The zero-order chi connectivity index (χ0) is 12.1. The number of esters is 1. The third kappa shape index (κ3) is 3.55. The summed E-state index contributed by atoms with van der Waals surface area (Å²) in [6.45, 7) is 0. The molecule has 1 rings (SSSR count). The minimum absolute atomic E-state index is 0.272. The third-order valence-electron chi connectivity index (χ3n) is 2.20. The van der Waals surface area contributed by atoms with Gasteiger partial charge >= 0.3 is 5.97 Å². The highest BCUT2D eigenvalue weighted by molar-refractivity contribution is 6.35. The standard InChI is InChI=1S/C11H11Cl3O2/c1-16-11(15)3-2-9-7(6-12)4-8(13)5-10(9)14/h4-5H,2-3,6H2,1H3. The second-order valence-corrected chi connectivity index (χ2v) is 4.35. The van der Waals surface area contributed by atoms with Crippen LogP contribution in [0.15, 0.2) is 12.1 Å². The van der Waals surface area contributed by atoms with Crippen LogP contribution in [0.25, 0.3) is 0 Å². The lowest BCUT2D eigenvalue weighted by Gasteiger charge is -2.09. The molecule has 0 aliphatic carbocycles. The molecule has 1 aromatic carbocycles. The number of carbonyl (C=O) groups excluding carboxylic acids is 1. The van der Waals surface area contributed by atoms with E-state index in [-0.39, 0.29) is 12.4 Å². The number of alkyl halides is 1. The lowest BCUT2D eigenvalue weighted by atomic mass is 10.0. The molecule has 88 valence electrons. The maximum Gasteiger partial charge on any atom is 0.305 e. The van der Waals surface area contributed by atoms with E-state index in [1.54, 1.807) is 12.1 Å². The fourth-order valence-electron chi connectivity index (χ4n) is 1.39. The molecule has 0 fully saturated rings. The summed E-state index contributed by atoms with van der Waals surface area (Å²) in [5.74, 6) is 0.0445. The van der Waals surface area contributed by atoms with Crippen LogP contribution in [0.4, 0.5) is 0 Å². The van der Waals surface area contributed by atoms with Gasteiger partial charge < -0.3 is 4.74 Å². The summed E-state index contributed by atoms with van der Waals surface area (Å²) in [4.78, 5) is 11.0. The van der Waals surface area contributed by atoms with Gasteiger partial charge in [0.25, 0.3) is 0 Å². The van der Waals surface area contributed by atoms with Crippen LogP contribution in [0.2, 0.25) is 10.0 Å². The quantitative estimate of drug-likeness (QED) is 0.619. The van der Waals surface area contributed by atoms with Crippen molar-refractivity contribution >= 4 is 40.8 Å². The fraction of sp³-hybridized carbons (Fsp3) is 0.364. The van der Waals surface area contributed by atoms with E-state index in [0.29, 0.717) is 22.3 Å². The zero-order valence-electron chi connectivity index (χ0n) is 8.73. The lowest BCUT2D eigenvalue weighted by molar-refractivity contribution is -0.140. The first-order chi connectivity index (χ1) is 7.58. The molecule has 0 amide bonds. The molecule has 0 aromatic heterocycles. The van der Waals surface area contributed by atoms with E-state index in [2.05, 4.69) is 4.74 Å². The first-order valence-corrected chi connectivity index (χ1v) is 5.97. The summed E-state index contributed by atoms with van der Waals surface area (Å²) >= 11 is 17.7. The van der Waals surface area contributed by atoms with E-state index in [1.165, 1.54) is 7.11 Å². The summed E-state index contributed by atoms with van der Waals surface area (Å²) < 4.78 is 4.57. The minimum Gasteiger partial charge on any atom is -0.469 e. The Morgan fingerprint density at radius 2 is 2.06 bits per heavy atom. The van der Waals surface area contributed by atoms with Gasteiger partial charge in [-0.15, -0.1) is 11.6 Å². The molecule has 0 radical (unpaired) electrons. The summed E-state index contributed by atoms with van der Waals surface area (Å²) in [6, 6.07) is 3.40. The maximum atomic E-state index is 11.0. The highest BCUT2D eigenvalue weighted by Gasteiger charge is 2.10. The molecule has 0 saturated heterocycles. The molecule has 5 heteroatoms. The van der Waals surface area contributed by atoms with Crippen LogP contribution in [0.1, 0.15) is 17.5 Å². The van der Waals surface area contributed by atoms with Crippen LogP contribution < -0.4 is 0 Å². The van der Waals surface area contributed by atoms with E-state index in [1.807, 2.05) is 0 Å². The Morgan fingerprint density at radius 3 is 2.62 bits per heavy atom. The van der Waals surface area contributed by atoms with Gasteiger partial charge in [0.15, 0.2) is 0 Å². The first-order valence-electron chi connectivity index (χ1n) is 4.68. The van der Waals surface area contributed by atoms with Crippen LogP contribution in [0, 0.1) is 0 Å². The van der Waals surface area contributed by atoms with Gasteiger partial charge in [-0.05, 0) is 29.7 Å². The topological polar surface area (TPSA) is 26.3 Å². The largest absolute Gasteiger partial charge is 0.469 e. The van der Waals surface area contributed by atoms with Gasteiger partial charge in [-0.3, -0.25) is 4.79 Å². The van der Waals surface area contributed by atoms with E-state index in [9.17, 15) is 4.79 Å². The molecular formula is C11H11Cl3O2. The minimum atomic E-state index is -0.272. The maximum absolute atomic E-state index is 11.0. The van der Waals surface area contributed by atoms with E-state index >= 15 is 0 Å². The molecule has 0 unspecified atom stereocenters. The van der Waals surface area contributed by atoms with Gasteiger partial charge in [0.2, 0.25) is 0 Å². The second-order valence-electron chi connectivity index (χ2n) is 3.24. The Kier molecular flexibility index (Phi) is 5.39. The fourth-order valence-corrected chi connectivity index (χ4v) is 2.25. The molecule has 2 nitrogen and oxygen atoms in total. The van der Waals surface area contributed by atoms with Crippen molar-refractivity contribution < 1.29 is 9.53 Å². The van der Waals surface area contributed by atoms with Crippen molar-refractivity contribution in [2.45, 2.75) is 18.7 Å². The molecule has 0 aliphatic rings. The molecule has 0 aliphatic heterocycles. The molecule has 0 spiro atoms. The van der Waals surface area contributed by atoms with Gasteiger partial charge in [-0.2, -0.15) is 0 Å². The third-order valence-corrected chi connectivity index (χ3v) is 3.05. The zero-order valence-corrected chi connectivity index (χ0v) is 11.0. The number of hydrogen-bond acceptors (Lipinski definition) is 2. The van der Waals surface area contributed by atoms with Crippen molar-refractivity contribution in [2.75, 3.05) is 7.11 Å². The van der Waals surface area contributed by atoms with Crippen molar-refractivity contribution in [1.82, 2.24) is 0 Å². The van der Waals surface area contributed by atoms with E-state index < -0.39 is 0 Å². The predicted molar refractivity (Wildman–Crippen MR) is 66.4 cm³/mol. The molecular weight excluding hydrogens is 270 g/mol. The average molecular weight is 282 g/mol. The summed E-state index contributed by atoms with van der Waals surface area (Å²) in [6.07, 6.45) is 0.784. The van der Waals surface area contributed by atoms with Crippen molar-refractivity contribution in [2.24, 2.45) is 0 Å². The van der Waals surface area contributed by atoms with Gasteiger partial charge in [-0.1, -0.05) is 23.2 Å². The second kappa shape index (κ2) is 6.33. The van der Waals surface area contributed by atoms with Gasteiger partial charge in [-0.25, -0.2) is 0 Å². The highest BCUT2D eigenvalue weighted by Crippen LogP contribution is 2.27. The Labute approximate surface area is 109 Å². The van der Waals surface area contributed by atoms with Crippen molar-refractivity contribution in [3.8, 4) is 0 Å². The van der Waals surface area contributed by atoms with E-state index in [0.717, 1.165) is 11.1 Å². The van der Waals surface area contributed by atoms with Crippen LogP contribution in [-0.4, -0.2) is 13.1 Å². The number of hydrogen-bond donors (Lipinski definition) is 0. The van der Waals surface area contributed by atoms with Gasteiger partial charge in [0.1, 0.15) is 0 Å². The Hall–Kier alpha value is -0.440. The number of halogens is 3. The van der Waals surface area contributed by atoms with Crippen LogP contribution >= 0.6 is 34.8 Å². The van der Waals surface area contributed by atoms with Crippen molar-refractivity contribution in [3.05, 3.63) is 33.3 Å². The number of carbonyl (C=O) groups is 1. The predicted octanol–water partition coefficient (Wildman–Crippen LogP) is 3.84. The van der Waals surface area contributed by atoms with Crippen molar-refractivity contribution in [1.29, 1.82) is 0 Å². The summed E-state index contributed by atoms with van der Waals surface area (Å²) in [7, 11) is 1.36.